The molecule has 0 saturated heterocycles. The lowest BCUT2D eigenvalue weighted by molar-refractivity contribution is -0.137. The minimum Gasteiger partial charge on any atom is -0.481 e. The number of anilines is 6. The van der Waals surface area contributed by atoms with Crippen molar-refractivity contribution >= 4 is 69.4 Å². The third-order valence-electron chi connectivity index (χ3n) is 12.1. The summed E-state index contributed by atoms with van der Waals surface area (Å²) >= 11 is 12.9. The van der Waals surface area contributed by atoms with Gasteiger partial charge < -0.3 is 26.8 Å². The van der Waals surface area contributed by atoms with Crippen LogP contribution in [0.4, 0.5) is 56.9 Å². The highest BCUT2D eigenvalue weighted by Crippen LogP contribution is 2.37. The molecule has 5 aromatic carbocycles. The molecule has 0 saturated carbocycles. The fourth-order valence-electron chi connectivity index (χ4n) is 8.05. The molecule has 0 unspecified atom stereocenters. The van der Waals surface area contributed by atoms with E-state index < -0.39 is 17.8 Å². The van der Waals surface area contributed by atoms with Crippen LogP contribution in [0.5, 0.6) is 5.88 Å². The van der Waals surface area contributed by atoms with Gasteiger partial charge in [0, 0.05) is 45.1 Å². The van der Waals surface area contributed by atoms with Crippen molar-refractivity contribution in [3.05, 3.63) is 163 Å². The maximum Gasteiger partial charge on any atom is 0.416 e. The SMILES string of the molecule is CCc1c(N)cc(Cl)c(CC)c1NC(=O)N(Cc1ccc(C(F)(F)F)cc1)c1ccc(C(C)C)cc1.CCc1c(N)cc(Cl)c(CC)c1NC(=O)N(Cc1ccc(OC)nc1)c1ccc(C(C)C)cc1. The maximum atomic E-state index is 13.7. The van der Waals surface area contributed by atoms with Crippen LogP contribution in [0.1, 0.15) is 117 Å². The molecule has 0 aliphatic rings. The van der Waals surface area contributed by atoms with Crippen LogP contribution in [0, 0.1) is 0 Å². The van der Waals surface area contributed by atoms with Gasteiger partial charge in [0.25, 0.3) is 0 Å². The van der Waals surface area contributed by atoms with Gasteiger partial charge in [-0.25, -0.2) is 14.6 Å². The molecule has 1 heterocycles. The van der Waals surface area contributed by atoms with Crippen LogP contribution in [-0.2, 0) is 44.9 Å². The van der Waals surface area contributed by atoms with Crippen molar-refractivity contribution in [2.45, 2.75) is 112 Å². The molecule has 372 valence electrons. The number of ether oxygens (including phenoxy) is 1. The molecule has 6 N–H and O–H groups in total. The lowest BCUT2D eigenvalue weighted by atomic mass is 10.0. The Morgan fingerprint density at radius 2 is 1.00 bits per heavy atom. The number of halogens is 5. The number of urea groups is 2. The molecule has 70 heavy (non-hydrogen) atoms. The van der Waals surface area contributed by atoms with E-state index in [0.717, 1.165) is 51.2 Å². The number of carbonyl (C=O) groups excluding carboxylic acids is 2. The Labute approximate surface area is 420 Å². The monoisotopic (exact) mass is 997 g/mol. The molecule has 4 amide bonds. The van der Waals surface area contributed by atoms with Crippen LogP contribution in [0.25, 0.3) is 0 Å². The molecule has 1 aromatic heterocycles. The minimum absolute atomic E-state index is 0.0734. The van der Waals surface area contributed by atoms with Crippen LogP contribution in [-0.4, -0.2) is 24.2 Å². The van der Waals surface area contributed by atoms with E-state index in [4.69, 9.17) is 39.4 Å². The van der Waals surface area contributed by atoms with Gasteiger partial charge >= 0.3 is 18.2 Å². The topological polar surface area (TPSA) is 139 Å². The largest absolute Gasteiger partial charge is 0.481 e. The van der Waals surface area contributed by atoms with Crippen LogP contribution in [0.3, 0.4) is 0 Å². The van der Waals surface area contributed by atoms with Gasteiger partial charge in [-0.05, 0) is 131 Å². The highest BCUT2D eigenvalue weighted by molar-refractivity contribution is 6.32. The number of nitrogen functional groups attached to an aromatic ring is 2. The Bertz CT molecular complexity index is 2660. The smallest absolute Gasteiger partial charge is 0.416 e. The Hall–Kier alpha value is -6.44. The highest BCUT2D eigenvalue weighted by Gasteiger charge is 2.30. The molecule has 0 radical (unpaired) electrons. The third kappa shape index (κ3) is 13.5. The molecule has 15 heteroatoms. The average Bonchev–Trinajstić information content (AvgIpc) is 3.33. The third-order valence-corrected chi connectivity index (χ3v) is 12.8. The molecule has 0 aliphatic heterocycles. The number of hydrogen-bond acceptors (Lipinski definition) is 6. The van der Waals surface area contributed by atoms with Crippen molar-refractivity contribution in [3.8, 4) is 5.88 Å². The van der Waals surface area contributed by atoms with Crippen molar-refractivity contribution in [2.24, 2.45) is 0 Å². The molecule has 0 bridgehead atoms. The fourth-order valence-corrected chi connectivity index (χ4v) is 8.74. The minimum atomic E-state index is -4.43. The molecule has 0 atom stereocenters. The van der Waals surface area contributed by atoms with Gasteiger partial charge in [0.1, 0.15) is 0 Å². The van der Waals surface area contributed by atoms with Gasteiger partial charge in [-0.3, -0.25) is 9.80 Å². The zero-order chi connectivity index (χ0) is 51.4. The molecule has 0 spiro atoms. The Balaban J connectivity index is 0.000000261. The predicted molar refractivity (Wildman–Crippen MR) is 283 cm³/mol. The van der Waals surface area contributed by atoms with Gasteiger partial charge in [-0.2, -0.15) is 13.2 Å². The first-order chi connectivity index (χ1) is 33.2. The van der Waals surface area contributed by atoms with Crippen molar-refractivity contribution < 1.29 is 27.5 Å². The summed E-state index contributed by atoms with van der Waals surface area (Å²) in [5.41, 5.74) is 22.5. The molecule has 6 aromatic rings. The summed E-state index contributed by atoms with van der Waals surface area (Å²) in [6, 6.07) is 26.9. The lowest BCUT2D eigenvalue weighted by Gasteiger charge is -2.26. The van der Waals surface area contributed by atoms with E-state index in [-0.39, 0.29) is 12.6 Å². The molecule has 0 fully saturated rings. The van der Waals surface area contributed by atoms with Crippen LogP contribution in [0.2, 0.25) is 10.0 Å². The van der Waals surface area contributed by atoms with E-state index in [9.17, 15) is 22.8 Å². The Kier molecular flexibility index (Phi) is 19.0. The summed E-state index contributed by atoms with van der Waals surface area (Å²) in [5.74, 6) is 1.23. The van der Waals surface area contributed by atoms with E-state index in [1.165, 1.54) is 22.6 Å². The number of carbonyl (C=O) groups is 2. The Morgan fingerprint density at radius 3 is 1.33 bits per heavy atom. The molecular weight excluding hydrogens is 935 g/mol. The van der Waals surface area contributed by atoms with Crippen molar-refractivity contribution in [1.29, 1.82) is 0 Å². The number of nitrogens with one attached hydrogen (secondary N) is 2. The summed E-state index contributed by atoms with van der Waals surface area (Å²) in [6.07, 6.45) is -0.183. The number of pyridine rings is 1. The molecular formula is C55H64Cl2F3N7O3. The summed E-state index contributed by atoms with van der Waals surface area (Å²) in [5, 5.41) is 7.14. The van der Waals surface area contributed by atoms with Crippen LogP contribution < -0.4 is 36.6 Å². The number of nitrogens with zero attached hydrogens (tertiary/aromatic N) is 3. The number of nitrogens with two attached hydrogens (primary N) is 2. The number of benzene rings is 5. The van der Waals surface area contributed by atoms with E-state index in [0.29, 0.717) is 94.0 Å². The lowest BCUT2D eigenvalue weighted by Crippen LogP contribution is -2.35. The average molecular weight is 999 g/mol. The fraction of sp³-hybridized carbons (Fsp3) is 0.327. The van der Waals surface area contributed by atoms with E-state index >= 15 is 0 Å². The first-order valence-corrected chi connectivity index (χ1v) is 24.2. The second-order valence-electron chi connectivity index (χ2n) is 17.4. The summed E-state index contributed by atoms with van der Waals surface area (Å²) < 4.78 is 44.3. The van der Waals surface area contributed by atoms with Crippen LogP contribution in [0.15, 0.2) is 103 Å². The quantitative estimate of drug-likeness (QED) is 0.0756. The number of hydrogen-bond donors (Lipinski definition) is 4. The number of alkyl halides is 3. The summed E-state index contributed by atoms with van der Waals surface area (Å²) in [6.45, 7) is 16.8. The van der Waals surface area contributed by atoms with Crippen molar-refractivity contribution in [2.75, 3.05) is 39.0 Å². The summed E-state index contributed by atoms with van der Waals surface area (Å²) in [4.78, 5) is 34.9. The number of amides is 4. The first-order valence-electron chi connectivity index (χ1n) is 23.5. The van der Waals surface area contributed by atoms with Gasteiger partial charge in [0.05, 0.1) is 37.1 Å². The standard InChI is InChI=1S/C28H31ClF3N3O.C27H33ClN4O2/c1-5-22-24(29)15-25(33)23(6-2)26(22)34-27(36)35(21-13-9-19(10-14-21)17(3)4)16-18-7-11-20(12-8-18)28(30,31)32;1-6-21-23(28)14-24(29)22(7-2)26(21)31-27(33)32(16-18-8-13-25(34-5)30-15-18)20-11-9-19(10-12-20)17(3)4/h7-15,17H,5-6,16,33H2,1-4H3,(H,34,36);8-15,17H,6-7,16,29H2,1-5H3,(H,31,33). The van der Waals surface area contributed by atoms with Crippen LogP contribution >= 0.6 is 23.2 Å². The van der Waals surface area contributed by atoms with Crippen molar-refractivity contribution in [1.82, 2.24) is 4.98 Å². The second-order valence-corrected chi connectivity index (χ2v) is 18.2. The predicted octanol–water partition coefficient (Wildman–Crippen LogP) is 15.2. The number of methoxy groups -OCH3 is 1. The second kappa shape index (κ2) is 24.4. The first kappa shape index (κ1) is 54.5. The van der Waals surface area contributed by atoms with E-state index in [2.05, 4.69) is 55.4 Å². The molecule has 0 aliphatic carbocycles. The van der Waals surface area contributed by atoms with Crippen molar-refractivity contribution in [3.63, 3.8) is 0 Å². The van der Waals surface area contributed by atoms with E-state index in [1.807, 2.05) is 70.2 Å². The van der Waals surface area contributed by atoms with Gasteiger partial charge in [-0.15, -0.1) is 0 Å². The molecule has 6 rings (SSSR count). The van der Waals surface area contributed by atoms with Gasteiger partial charge in [-0.1, -0.05) is 121 Å². The van der Waals surface area contributed by atoms with E-state index in [1.54, 1.807) is 36.4 Å². The normalized spacial score (nSPS) is 11.3. The molecule has 10 nitrogen and oxygen atoms in total. The van der Waals surface area contributed by atoms with Gasteiger partial charge in [0.2, 0.25) is 5.88 Å². The highest BCUT2D eigenvalue weighted by atomic mass is 35.5. The number of rotatable bonds is 15. The Morgan fingerprint density at radius 1 is 0.614 bits per heavy atom. The zero-order valence-corrected chi connectivity index (χ0v) is 42.8. The zero-order valence-electron chi connectivity index (χ0n) is 41.3. The van der Waals surface area contributed by atoms with Gasteiger partial charge in [0.15, 0.2) is 0 Å². The maximum absolute atomic E-state index is 13.7. The summed E-state index contributed by atoms with van der Waals surface area (Å²) in [7, 11) is 1.57. The number of aromatic nitrogens is 1.